The number of carbonyl (C=O) groups excluding carboxylic acids is 1. The predicted octanol–water partition coefficient (Wildman–Crippen LogP) is 3.01. The number of amides is 1. The van der Waals surface area contributed by atoms with E-state index < -0.39 is 17.9 Å². The number of hydrogen-bond acceptors (Lipinski definition) is 6. The van der Waals surface area contributed by atoms with Gasteiger partial charge in [0.25, 0.3) is 5.91 Å². The number of para-hydroxylation sites is 1. The summed E-state index contributed by atoms with van der Waals surface area (Å²) in [4.78, 5) is 25.8. The maximum absolute atomic E-state index is 12.7. The van der Waals surface area contributed by atoms with E-state index in [-0.39, 0.29) is 10.2 Å². The molecule has 1 unspecified atom stereocenters. The van der Waals surface area contributed by atoms with Crippen molar-refractivity contribution < 1.29 is 24.2 Å². The summed E-state index contributed by atoms with van der Waals surface area (Å²) in [5.41, 5.74) is 0.652. The van der Waals surface area contributed by atoms with Crippen LogP contribution >= 0.6 is 24.0 Å². The number of carboxylic acids is 1. The SMILES string of the molecule is COc1cccc(/C=C2/SC(=S)N(C(C(=O)O)C(C)C)C2=O)c1OC. The number of nitrogens with zero attached hydrogens (tertiary/aromatic N) is 1. The van der Waals surface area contributed by atoms with Gasteiger partial charge in [-0.3, -0.25) is 9.69 Å². The molecule has 8 heteroatoms. The van der Waals surface area contributed by atoms with Gasteiger partial charge in [0.2, 0.25) is 0 Å². The number of rotatable bonds is 6. The molecule has 0 spiro atoms. The fraction of sp³-hybridized carbons (Fsp3) is 0.353. The minimum atomic E-state index is -1.08. The van der Waals surface area contributed by atoms with Gasteiger partial charge in [-0.1, -0.05) is 50.0 Å². The van der Waals surface area contributed by atoms with Crippen molar-refractivity contribution >= 4 is 46.3 Å². The van der Waals surface area contributed by atoms with Gasteiger partial charge >= 0.3 is 5.97 Å². The molecule has 1 amide bonds. The van der Waals surface area contributed by atoms with Crippen LogP contribution in [0.3, 0.4) is 0 Å². The highest BCUT2D eigenvalue weighted by atomic mass is 32.2. The van der Waals surface area contributed by atoms with Crippen LogP contribution in [0, 0.1) is 5.92 Å². The molecule has 0 saturated carbocycles. The highest BCUT2D eigenvalue weighted by Gasteiger charge is 2.42. The standard InChI is InChI=1S/C17H19NO5S2/c1-9(2)13(16(20)21)18-15(19)12(25-17(18)24)8-10-6-5-7-11(22-3)14(10)23-4/h5-9,13H,1-4H3,(H,20,21)/b12-8+. The fourth-order valence-electron chi connectivity index (χ4n) is 2.58. The summed E-state index contributed by atoms with van der Waals surface area (Å²) in [6, 6.07) is 4.32. The van der Waals surface area contributed by atoms with Crippen LogP contribution < -0.4 is 9.47 Å². The molecule has 1 aromatic rings. The van der Waals surface area contributed by atoms with Gasteiger partial charge < -0.3 is 14.6 Å². The van der Waals surface area contributed by atoms with Crippen molar-refractivity contribution in [1.82, 2.24) is 4.90 Å². The van der Waals surface area contributed by atoms with Crippen LogP contribution in [0.1, 0.15) is 19.4 Å². The molecule has 1 aromatic carbocycles. The Balaban J connectivity index is 2.43. The zero-order valence-electron chi connectivity index (χ0n) is 14.3. The summed E-state index contributed by atoms with van der Waals surface area (Å²) in [5.74, 6) is -0.732. The Morgan fingerprint density at radius 1 is 1.32 bits per heavy atom. The van der Waals surface area contributed by atoms with E-state index in [2.05, 4.69) is 0 Å². The molecule has 1 atom stereocenters. The molecule has 1 aliphatic rings. The quantitative estimate of drug-likeness (QED) is 0.599. The second kappa shape index (κ2) is 7.88. The molecular weight excluding hydrogens is 362 g/mol. The van der Waals surface area contributed by atoms with Crippen molar-refractivity contribution in [2.45, 2.75) is 19.9 Å². The number of carboxylic acid groups (broad SMARTS) is 1. The molecule has 134 valence electrons. The Bertz CT molecular complexity index is 745. The Hall–Kier alpha value is -2.06. The number of aliphatic carboxylic acids is 1. The Morgan fingerprint density at radius 3 is 2.52 bits per heavy atom. The van der Waals surface area contributed by atoms with Gasteiger partial charge in [0.1, 0.15) is 10.4 Å². The lowest BCUT2D eigenvalue weighted by atomic mass is 10.0. The highest BCUT2D eigenvalue weighted by molar-refractivity contribution is 8.26. The summed E-state index contributed by atoms with van der Waals surface area (Å²) in [7, 11) is 3.04. The van der Waals surface area contributed by atoms with E-state index in [0.717, 1.165) is 11.8 Å². The number of hydrogen-bond donors (Lipinski definition) is 1. The third-order valence-electron chi connectivity index (χ3n) is 3.71. The first-order chi connectivity index (χ1) is 11.8. The lowest BCUT2D eigenvalue weighted by molar-refractivity contribution is -0.146. The molecular formula is C17H19NO5S2. The van der Waals surface area contributed by atoms with E-state index in [1.54, 1.807) is 38.1 Å². The normalized spacial score (nSPS) is 17.3. The molecule has 2 rings (SSSR count). The topological polar surface area (TPSA) is 76.1 Å². The number of ether oxygens (including phenoxy) is 2. The molecule has 25 heavy (non-hydrogen) atoms. The number of methoxy groups -OCH3 is 2. The summed E-state index contributed by atoms with van der Waals surface area (Å²) < 4.78 is 10.8. The van der Waals surface area contributed by atoms with E-state index in [4.69, 9.17) is 21.7 Å². The number of thioether (sulfide) groups is 1. The van der Waals surface area contributed by atoms with E-state index in [1.807, 2.05) is 0 Å². The highest BCUT2D eigenvalue weighted by Crippen LogP contribution is 2.38. The van der Waals surface area contributed by atoms with Crippen LogP contribution in [-0.4, -0.2) is 46.5 Å². The molecule has 1 saturated heterocycles. The predicted molar refractivity (Wildman–Crippen MR) is 101 cm³/mol. The molecule has 0 bridgehead atoms. The van der Waals surface area contributed by atoms with Crippen molar-refractivity contribution in [3.05, 3.63) is 28.7 Å². The summed E-state index contributed by atoms with van der Waals surface area (Å²) in [6.45, 7) is 3.48. The molecule has 1 aliphatic heterocycles. The van der Waals surface area contributed by atoms with E-state index in [9.17, 15) is 14.7 Å². The zero-order chi connectivity index (χ0) is 18.7. The van der Waals surface area contributed by atoms with Gasteiger partial charge in [0, 0.05) is 5.56 Å². The molecule has 0 aromatic heterocycles. The molecule has 1 fully saturated rings. The second-order valence-corrected chi connectivity index (χ2v) is 7.34. The summed E-state index contributed by atoms with van der Waals surface area (Å²) in [5, 5.41) is 9.45. The Morgan fingerprint density at radius 2 is 2.00 bits per heavy atom. The van der Waals surface area contributed by atoms with E-state index in [1.165, 1.54) is 19.1 Å². The van der Waals surface area contributed by atoms with Crippen molar-refractivity contribution in [3.8, 4) is 11.5 Å². The van der Waals surface area contributed by atoms with E-state index in [0.29, 0.717) is 22.0 Å². The van der Waals surface area contributed by atoms with Crippen molar-refractivity contribution in [2.75, 3.05) is 14.2 Å². The fourth-order valence-corrected chi connectivity index (χ4v) is 3.90. The van der Waals surface area contributed by atoms with Gasteiger partial charge in [-0.15, -0.1) is 0 Å². The molecule has 6 nitrogen and oxygen atoms in total. The first kappa shape index (κ1) is 19.3. The molecule has 0 radical (unpaired) electrons. The van der Waals surface area contributed by atoms with Crippen molar-refractivity contribution in [1.29, 1.82) is 0 Å². The van der Waals surface area contributed by atoms with Gasteiger partial charge in [0.15, 0.2) is 11.5 Å². The average Bonchev–Trinajstić information content (AvgIpc) is 2.82. The van der Waals surface area contributed by atoms with Crippen molar-refractivity contribution in [2.24, 2.45) is 5.92 Å². The molecule has 0 aliphatic carbocycles. The Labute approximate surface area is 155 Å². The Kier molecular flexibility index (Phi) is 6.07. The van der Waals surface area contributed by atoms with Gasteiger partial charge in [-0.2, -0.15) is 0 Å². The van der Waals surface area contributed by atoms with Crippen LogP contribution in [0.4, 0.5) is 0 Å². The lowest BCUT2D eigenvalue weighted by Crippen LogP contribution is -2.47. The smallest absolute Gasteiger partial charge is 0.327 e. The number of benzene rings is 1. The van der Waals surface area contributed by atoms with Crippen LogP contribution in [0.5, 0.6) is 11.5 Å². The van der Waals surface area contributed by atoms with E-state index >= 15 is 0 Å². The maximum Gasteiger partial charge on any atom is 0.327 e. The lowest BCUT2D eigenvalue weighted by Gasteiger charge is -2.26. The van der Waals surface area contributed by atoms with Crippen LogP contribution in [0.2, 0.25) is 0 Å². The number of thiocarbonyl (C=S) groups is 1. The van der Waals surface area contributed by atoms with Gasteiger partial charge in [-0.05, 0) is 18.1 Å². The van der Waals surface area contributed by atoms with Crippen LogP contribution in [0.15, 0.2) is 23.1 Å². The summed E-state index contributed by atoms with van der Waals surface area (Å²) >= 11 is 6.33. The average molecular weight is 381 g/mol. The number of carbonyl (C=O) groups is 2. The minimum Gasteiger partial charge on any atom is -0.493 e. The van der Waals surface area contributed by atoms with Crippen molar-refractivity contribution in [3.63, 3.8) is 0 Å². The monoisotopic (exact) mass is 381 g/mol. The largest absolute Gasteiger partial charge is 0.493 e. The van der Waals surface area contributed by atoms with Crippen LogP contribution in [0.25, 0.3) is 6.08 Å². The first-order valence-electron chi connectivity index (χ1n) is 7.52. The minimum absolute atomic E-state index is 0.235. The zero-order valence-corrected chi connectivity index (χ0v) is 15.9. The molecule has 1 N–H and O–H groups in total. The third kappa shape index (κ3) is 3.80. The maximum atomic E-state index is 12.7. The van der Waals surface area contributed by atoms with Gasteiger partial charge in [0.05, 0.1) is 19.1 Å². The second-order valence-electron chi connectivity index (χ2n) is 5.66. The van der Waals surface area contributed by atoms with Crippen LogP contribution in [-0.2, 0) is 9.59 Å². The third-order valence-corrected chi connectivity index (χ3v) is 5.04. The first-order valence-corrected chi connectivity index (χ1v) is 8.75. The summed E-state index contributed by atoms with van der Waals surface area (Å²) in [6.07, 6.45) is 1.64. The molecule has 1 heterocycles. The van der Waals surface area contributed by atoms with Gasteiger partial charge in [-0.25, -0.2) is 4.79 Å².